The van der Waals surface area contributed by atoms with Gasteiger partial charge in [-0.1, -0.05) is 0 Å². The summed E-state index contributed by atoms with van der Waals surface area (Å²) in [7, 11) is 0. The van der Waals surface area contributed by atoms with E-state index in [9.17, 15) is 4.79 Å². The Morgan fingerprint density at radius 2 is 2.36 bits per heavy atom. The monoisotopic (exact) mass is 254 g/mol. The number of pyridine rings is 1. The van der Waals surface area contributed by atoms with Crippen molar-refractivity contribution in [2.24, 2.45) is 5.92 Å². The summed E-state index contributed by atoms with van der Waals surface area (Å²) in [5.74, 6) is 0.431. The zero-order chi connectivity index (χ0) is 9.97. The molecule has 0 atom stereocenters. The SMILES string of the molecule is O=C(NCc1ccc(Br)cn1)C1CC1. The Balaban J connectivity index is 1.85. The molecule has 1 aliphatic carbocycles. The molecular formula is C10H11BrN2O. The van der Waals surface area contributed by atoms with Crippen molar-refractivity contribution in [1.82, 2.24) is 10.3 Å². The number of amides is 1. The highest BCUT2D eigenvalue weighted by Gasteiger charge is 2.29. The van der Waals surface area contributed by atoms with Crippen LogP contribution >= 0.6 is 15.9 Å². The fourth-order valence-electron chi connectivity index (χ4n) is 1.18. The zero-order valence-corrected chi connectivity index (χ0v) is 9.25. The number of hydrogen-bond donors (Lipinski definition) is 1. The normalized spacial score (nSPS) is 15.2. The fourth-order valence-corrected chi connectivity index (χ4v) is 1.41. The van der Waals surface area contributed by atoms with E-state index in [0.29, 0.717) is 6.54 Å². The molecule has 2 rings (SSSR count). The first kappa shape index (κ1) is 9.65. The van der Waals surface area contributed by atoms with Gasteiger partial charge in [0.1, 0.15) is 0 Å². The lowest BCUT2D eigenvalue weighted by Crippen LogP contribution is -2.24. The molecule has 1 aromatic rings. The van der Waals surface area contributed by atoms with Crippen LogP contribution in [0.15, 0.2) is 22.8 Å². The Morgan fingerprint density at radius 3 is 2.93 bits per heavy atom. The fraction of sp³-hybridized carbons (Fsp3) is 0.400. The summed E-state index contributed by atoms with van der Waals surface area (Å²) in [5.41, 5.74) is 0.891. The number of halogens is 1. The number of nitrogens with zero attached hydrogens (tertiary/aromatic N) is 1. The van der Waals surface area contributed by atoms with Gasteiger partial charge in [-0.3, -0.25) is 9.78 Å². The molecule has 0 spiro atoms. The van der Waals surface area contributed by atoms with Gasteiger partial charge in [-0.15, -0.1) is 0 Å². The molecule has 1 amide bonds. The topological polar surface area (TPSA) is 42.0 Å². The molecule has 1 aromatic heterocycles. The third-order valence-corrected chi connectivity index (χ3v) is 2.65. The van der Waals surface area contributed by atoms with Crippen molar-refractivity contribution < 1.29 is 4.79 Å². The van der Waals surface area contributed by atoms with Gasteiger partial charge < -0.3 is 5.32 Å². The lowest BCUT2D eigenvalue weighted by molar-refractivity contribution is -0.122. The summed E-state index contributed by atoms with van der Waals surface area (Å²) in [6.45, 7) is 0.530. The molecule has 14 heavy (non-hydrogen) atoms. The van der Waals surface area contributed by atoms with E-state index < -0.39 is 0 Å². The number of rotatable bonds is 3. The van der Waals surface area contributed by atoms with Gasteiger partial charge in [0.25, 0.3) is 0 Å². The Labute approximate surface area is 91.0 Å². The Morgan fingerprint density at radius 1 is 1.57 bits per heavy atom. The standard InChI is InChI=1S/C10H11BrN2O/c11-8-3-4-9(12-5-8)6-13-10(14)7-1-2-7/h3-5,7H,1-2,6H2,(H,13,14). The van der Waals surface area contributed by atoms with E-state index in [2.05, 4.69) is 26.2 Å². The van der Waals surface area contributed by atoms with E-state index in [1.165, 1.54) is 0 Å². The zero-order valence-electron chi connectivity index (χ0n) is 7.66. The highest BCUT2D eigenvalue weighted by molar-refractivity contribution is 9.10. The van der Waals surface area contributed by atoms with E-state index in [0.717, 1.165) is 23.0 Å². The van der Waals surface area contributed by atoms with Crippen LogP contribution in [0.4, 0.5) is 0 Å². The Hall–Kier alpha value is -0.900. The van der Waals surface area contributed by atoms with Crippen LogP contribution in [-0.2, 0) is 11.3 Å². The minimum Gasteiger partial charge on any atom is -0.350 e. The second-order valence-electron chi connectivity index (χ2n) is 3.46. The van der Waals surface area contributed by atoms with Gasteiger partial charge in [0.2, 0.25) is 5.91 Å². The Kier molecular flexibility index (Phi) is 2.82. The third kappa shape index (κ3) is 2.54. The molecule has 0 saturated heterocycles. The average molecular weight is 255 g/mol. The maximum atomic E-state index is 11.3. The first-order valence-corrected chi connectivity index (χ1v) is 5.43. The van der Waals surface area contributed by atoms with E-state index in [-0.39, 0.29) is 11.8 Å². The van der Waals surface area contributed by atoms with Crippen LogP contribution in [0.2, 0.25) is 0 Å². The quantitative estimate of drug-likeness (QED) is 0.895. The smallest absolute Gasteiger partial charge is 0.223 e. The highest BCUT2D eigenvalue weighted by atomic mass is 79.9. The minimum atomic E-state index is 0.162. The van der Waals surface area contributed by atoms with Crippen LogP contribution in [0.25, 0.3) is 0 Å². The predicted octanol–water partition coefficient (Wildman–Crippen LogP) is 1.87. The largest absolute Gasteiger partial charge is 0.350 e. The second kappa shape index (κ2) is 4.09. The molecule has 1 saturated carbocycles. The van der Waals surface area contributed by atoms with Gasteiger partial charge in [0.15, 0.2) is 0 Å². The van der Waals surface area contributed by atoms with Gasteiger partial charge in [-0.05, 0) is 40.9 Å². The highest BCUT2D eigenvalue weighted by Crippen LogP contribution is 2.28. The average Bonchev–Trinajstić information content (AvgIpc) is 3.00. The molecular weight excluding hydrogens is 244 g/mol. The van der Waals surface area contributed by atoms with Crippen molar-refractivity contribution in [3.63, 3.8) is 0 Å². The van der Waals surface area contributed by atoms with Crippen molar-refractivity contribution in [2.75, 3.05) is 0 Å². The van der Waals surface area contributed by atoms with Gasteiger partial charge in [0.05, 0.1) is 12.2 Å². The number of carbonyl (C=O) groups excluding carboxylic acids is 1. The van der Waals surface area contributed by atoms with Gasteiger partial charge in [0, 0.05) is 16.6 Å². The molecule has 1 heterocycles. The van der Waals surface area contributed by atoms with E-state index >= 15 is 0 Å². The first-order chi connectivity index (χ1) is 6.75. The molecule has 3 nitrogen and oxygen atoms in total. The lowest BCUT2D eigenvalue weighted by Gasteiger charge is -2.03. The number of aromatic nitrogens is 1. The van der Waals surface area contributed by atoms with Crippen LogP contribution in [0, 0.1) is 5.92 Å². The maximum Gasteiger partial charge on any atom is 0.223 e. The van der Waals surface area contributed by atoms with E-state index in [1.807, 2.05) is 12.1 Å². The maximum absolute atomic E-state index is 11.3. The van der Waals surface area contributed by atoms with Gasteiger partial charge in [-0.2, -0.15) is 0 Å². The second-order valence-corrected chi connectivity index (χ2v) is 4.38. The summed E-state index contributed by atoms with van der Waals surface area (Å²) in [5, 5.41) is 2.86. The molecule has 1 fully saturated rings. The summed E-state index contributed by atoms with van der Waals surface area (Å²) in [4.78, 5) is 15.5. The molecule has 0 radical (unpaired) electrons. The molecule has 0 aliphatic heterocycles. The van der Waals surface area contributed by atoms with Crippen molar-refractivity contribution in [3.05, 3.63) is 28.5 Å². The summed E-state index contributed by atoms with van der Waals surface area (Å²) >= 11 is 3.31. The summed E-state index contributed by atoms with van der Waals surface area (Å²) in [6.07, 6.45) is 3.82. The van der Waals surface area contributed by atoms with E-state index in [4.69, 9.17) is 0 Å². The van der Waals surface area contributed by atoms with Crippen molar-refractivity contribution >= 4 is 21.8 Å². The number of carbonyl (C=O) groups is 1. The van der Waals surface area contributed by atoms with Crippen molar-refractivity contribution in [1.29, 1.82) is 0 Å². The van der Waals surface area contributed by atoms with Crippen LogP contribution in [-0.4, -0.2) is 10.9 Å². The van der Waals surface area contributed by atoms with Crippen LogP contribution in [0.1, 0.15) is 18.5 Å². The number of hydrogen-bond acceptors (Lipinski definition) is 2. The molecule has 0 bridgehead atoms. The summed E-state index contributed by atoms with van der Waals surface area (Å²) in [6, 6.07) is 3.82. The number of nitrogens with one attached hydrogen (secondary N) is 1. The van der Waals surface area contributed by atoms with Crippen molar-refractivity contribution in [2.45, 2.75) is 19.4 Å². The molecule has 1 N–H and O–H groups in total. The minimum absolute atomic E-state index is 0.162. The van der Waals surface area contributed by atoms with Crippen molar-refractivity contribution in [3.8, 4) is 0 Å². The first-order valence-electron chi connectivity index (χ1n) is 4.64. The third-order valence-electron chi connectivity index (χ3n) is 2.18. The molecule has 1 aliphatic rings. The predicted molar refractivity (Wildman–Crippen MR) is 56.5 cm³/mol. The van der Waals surface area contributed by atoms with Crippen LogP contribution in [0.5, 0.6) is 0 Å². The molecule has 0 unspecified atom stereocenters. The van der Waals surface area contributed by atoms with E-state index in [1.54, 1.807) is 6.20 Å². The molecule has 0 aromatic carbocycles. The summed E-state index contributed by atoms with van der Waals surface area (Å²) < 4.78 is 0.953. The lowest BCUT2D eigenvalue weighted by atomic mass is 10.3. The Bertz CT molecular complexity index is 332. The van der Waals surface area contributed by atoms with Crippen LogP contribution in [0.3, 0.4) is 0 Å². The van der Waals surface area contributed by atoms with Gasteiger partial charge >= 0.3 is 0 Å². The molecule has 4 heteroatoms. The van der Waals surface area contributed by atoms with Crippen LogP contribution < -0.4 is 5.32 Å². The van der Waals surface area contributed by atoms with Gasteiger partial charge in [-0.25, -0.2) is 0 Å². The molecule has 74 valence electrons.